The van der Waals surface area contributed by atoms with Crippen molar-refractivity contribution in [3.05, 3.63) is 185 Å². The molecule has 3 heterocycles. The molecular formula is C44H25N5. The zero-order valence-corrected chi connectivity index (χ0v) is 26.2. The summed E-state index contributed by atoms with van der Waals surface area (Å²) in [5, 5.41) is 23.2. The molecule has 5 nitrogen and oxygen atoms in total. The van der Waals surface area contributed by atoms with E-state index in [0.717, 1.165) is 38.9 Å². The predicted molar refractivity (Wildman–Crippen MR) is 194 cm³/mol. The summed E-state index contributed by atoms with van der Waals surface area (Å²) in [6, 6.07) is 53.5. The van der Waals surface area contributed by atoms with Crippen LogP contribution in [-0.4, -0.2) is 9.55 Å². The lowest BCUT2D eigenvalue weighted by molar-refractivity contribution is 0.752. The van der Waals surface area contributed by atoms with Crippen molar-refractivity contribution in [3.63, 3.8) is 0 Å². The Morgan fingerprint density at radius 1 is 0.531 bits per heavy atom. The van der Waals surface area contributed by atoms with Crippen molar-refractivity contribution in [2.45, 2.75) is 5.41 Å². The van der Waals surface area contributed by atoms with Crippen LogP contribution in [0.1, 0.15) is 33.4 Å². The number of pyridine rings is 1. The van der Waals surface area contributed by atoms with Crippen LogP contribution >= 0.6 is 0 Å². The number of nitriles is 2. The predicted octanol–water partition coefficient (Wildman–Crippen LogP) is 10.1. The number of benzene rings is 6. The van der Waals surface area contributed by atoms with E-state index in [4.69, 9.17) is 0 Å². The van der Waals surface area contributed by atoms with Gasteiger partial charge in [-0.2, -0.15) is 10.5 Å². The normalized spacial score (nSPS) is 13.4. The van der Waals surface area contributed by atoms with Crippen LogP contribution in [-0.2, 0) is 5.41 Å². The van der Waals surface area contributed by atoms with Crippen LogP contribution in [0.25, 0.3) is 38.6 Å². The van der Waals surface area contributed by atoms with Crippen molar-refractivity contribution in [2.24, 2.45) is 0 Å². The molecule has 0 saturated carbocycles. The van der Waals surface area contributed by atoms with E-state index in [-0.39, 0.29) is 0 Å². The molecule has 49 heavy (non-hydrogen) atoms. The minimum atomic E-state index is -0.538. The summed E-state index contributed by atoms with van der Waals surface area (Å²) in [6.07, 6.45) is 3.63. The fourth-order valence-corrected chi connectivity index (χ4v) is 8.54. The third kappa shape index (κ3) is 3.43. The lowest BCUT2D eigenvalue weighted by Gasteiger charge is -2.45. The molecule has 1 aliphatic carbocycles. The number of nitrogens with zero attached hydrogens (tertiary/aromatic N) is 5. The summed E-state index contributed by atoms with van der Waals surface area (Å²) in [5.41, 5.74) is 12.8. The molecular weight excluding hydrogens is 599 g/mol. The van der Waals surface area contributed by atoms with Gasteiger partial charge in [0.2, 0.25) is 0 Å². The van der Waals surface area contributed by atoms with Crippen LogP contribution in [0.4, 0.5) is 17.1 Å². The molecule has 8 aromatic rings. The number of aromatic nitrogens is 2. The number of para-hydroxylation sites is 3. The molecule has 6 aromatic carbocycles. The minimum absolute atomic E-state index is 0.321. The highest BCUT2D eigenvalue weighted by Crippen LogP contribution is 2.63. The summed E-state index contributed by atoms with van der Waals surface area (Å²) in [6.45, 7) is 0. The van der Waals surface area contributed by atoms with Gasteiger partial charge in [0.15, 0.2) is 0 Å². The summed E-state index contributed by atoms with van der Waals surface area (Å²) >= 11 is 0. The maximum Gasteiger partial charge on any atom is 0.103 e. The highest BCUT2D eigenvalue weighted by molar-refractivity contribution is 6.09. The van der Waals surface area contributed by atoms with Gasteiger partial charge < -0.3 is 9.47 Å². The Bertz CT molecular complexity index is 2630. The molecule has 5 heteroatoms. The maximum atomic E-state index is 10.6. The monoisotopic (exact) mass is 623 g/mol. The molecule has 0 N–H and O–H groups in total. The summed E-state index contributed by atoms with van der Waals surface area (Å²) in [4.78, 5) is 6.68. The zero-order chi connectivity index (χ0) is 32.7. The maximum absolute atomic E-state index is 10.6. The molecule has 2 aliphatic rings. The smallest absolute Gasteiger partial charge is 0.103 e. The van der Waals surface area contributed by atoms with Gasteiger partial charge in [-0.15, -0.1) is 0 Å². The van der Waals surface area contributed by atoms with Gasteiger partial charge in [0, 0.05) is 28.9 Å². The Hall–Kier alpha value is -6.95. The highest BCUT2D eigenvalue weighted by atomic mass is 15.2. The minimum Gasteiger partial charge on any atom is -0.310 e. The van der Waals surface area contributed by atoms with E-state index < -0.39 is 5.41 Å². The van der Waals surface area contributed by atoms with Crippen molar-refractivity contribution < 1.29 is 0 Å². The molecule has 0 fully saturated rings. The van der Waals surface area contributed by atoms with Gasteiger partial charge in [0.1, 0.15) is 12.1 Å². The van der Waals surface area contributed by atoms with E-state index in [0.29, 0.717) is 16.8 Å². The second-order valence-corrected chi connectivity index (χ2v) is 12.6. The van der Waals surface area contributed by atoms with Gasteiger partial charge in [0.05, 0.1) is 44.6 Å². The second kappa shape index (κ2) is 10.0. The molecule has 10 rings (SSSR count). The first-order chi connectivity index (χ1) is 24.3. The molecule has 0 unspecified atom stereocenters. The Labute approximate surface area is 282 Å². The first-order valence-electron chi connectivity index (χ1n) is 16.3. The number of hydrogen-bond acceptors (Lipinski definition) is 4. The quantitative estimate of drug-likeness (QED) is 0.192. The topological polar surface area (TPSA) is 68.6 Å². The van der Waals surface area contributed by atoms with E-state index in [2.05, 4.69) is 142 Å². The number of anilines is 3. The average Bonchev–Trinajstić information content (AvgIpc) is 3.66. The van der Waals surface area contributed by atoms with E-state index >= 15 is 0 Å². The Kier molecular flexibility index (Phi) is 5.56. The van der Waals surface area contributed by atoms with Gasteiger partial charge in [-0.1, -0.05) is 103 Å². The Morgan fingerprint density at radius 3 is 1.76 bits per heavy atom. The van der Waals surface area contributed by atoms with Crippen LogP contribution in [0.3, 0.4) is 0 Å². The first kappa shape index (κ1) is 27.2. The van der Waals surface area contributed by atoms with Gasteiger partial charge in [-0.3, -0.25) is 4.98 Å². The molecule has 0 radical (unpaired) electrons. The molecule has 2 aromatic heterocycles. The first-order valence-corrected chi connectivity index (χ1v) is 16.3. The molecule has 1 spiro atoms. The van der Waals surface area contributed by atoms with E-state index in [9.17, 15) is 10.5 Å². The summed E-state index contributed by atoms with van der Waals surface area (Å²) in [5.74, 6) is 0. The zero-order valence-electron chi connectivity index (χ0n) is 26.2. The molecule has 0 saturated heterocycles. The molecule has 0 bridgehead atoms. The van der Waals surface area contributed by atoms with Crippen molar-refractivity contribution >= 4 is 38.9 Å². The van der Waals surface area contributed by atoms with E-state index in [1.54, 1.807) is 6.20 Å². The van der Waals surface area contributed by atoms with Crippen molar-refractivity contribution in [2.75, 3.05) is 4.90 Å². The van der Waals surface area contributed by atoms with Crippen molar-refractivity contribution in [1.82, 2.24) is 9.55 Å². The summed E-state index contributed by atoms with van der Waals surface area (Å²) in [7, 11) is 0. The van der Waals surface area contributed by atoms with Crippen LogP contribution in [0.15, 0.2) is 152 Å². The van der Waals surface area contributed by atoms with Gasteiger partial charge in [0.25, 0.3) is 0 Å². The Morgan fingerprint density at radius 2 is 1.10 bits per heavy atom. The van der Waals surface area contributed by atoms with Crippen LogP contribution in [0, 0.1) is 22.7 Å². The fourth-order valence-electron chi connectivity index (χ4n) is 8.54. The highest BCUT2D eigenvalue weighted by Gasteiger charge is 2.51. The van der Waals surface area contributed by atoms with Crippen molar-refractivity contribution in [1.29, 1.82) is 10.5 Å². The SMILES string of the molecule is N#Cc1cc(N2c3ccccc3C3(c4ccccc4-c4ccccc43)c3ccccc32)cc(-n2c3ccccc3c3cnccc32)c1C#N. The fraction of sp³-hybridized carbons (Fsp3) is 0.0227. The third-order valence-corrected chi connectivity index (χ3v) is 10.4. The Balaban J connectivity index is 1.31. The molecule has 0 atom stereocenters. The molecule has 0 amide bonds. The summed E-state index contributed by atoms with van der Waals surface area (Å²) < 4.78 is 2.10. The van der Waals surface area contributed by atoms with Crippen molar-refractivity contribution in [3.8, 4) is 29.0 Å². The van der Waals surface area contributed by atoms with Gasteiger partial charge in [-0.25, -0.2) is 0 Å². The third-order valence-electron chi connectivity index (χ3n) is 10.4. The van der Waals surface area contributed by atoms with Gasteiger partial charge in [-0.05, 0) is 69.8 Å². The van der Waals surface area contributed by atoms with E-state index in [1.807, 2.05) is 30.5 Å². The van der Waals surface area contributed by atoms with Crippen LogP contribution < -0.4 is 4.90 Å². The van der Waals surface area contributed by atoms with E-state index in [1.165, 1.54) is 33.4 Å². The second-order valence-electron chi connectivity index (χ2n) is 12.6. The number of fused-ring (bicyclic) bond motifs is 12. The molecule has 1 aliphatic heterocycles. The van der Waals surface area contributed by atoms with Crippen LogP contribution in [0.2, 0.25) is 0 Å². The average molecular weight is 624 g/mol. The lowest BCUT2D eigenvalue weighted by Crippen LogP contribution is -2.36. The van der Waals surface area contributed by atoms with Gasteiger partial charge >= 0.3 is 0 Å². The molecule has 226 valence electrons. The standard InChI is InChI=1S/C44H25N5/c45-25-28-23-29(24-43(33(28)26-46)49-39-18-8-3-13-32(39)34-27-47-22-21-40(34)49)48-41-19-9-6-16-37(41)44(38-17-7-10-20-42(38)48)35-14-4-1-11-30(35)31-12-2-5-15-36(31)44/h1-24,27H. The lowest BCUT2D eigenvalue weighted by atomic mass is 9.64. The number of rotatable bonds is 2. The largest absolute Gasteiger partial charge is 0.310 e. The van der Waals surface area contributed by atoms with Crippen LogP contribution in [0.5, 0.6) is 0 Å². The number of hydrogen-bond donors (Lipinski definition) is 0.